The van der Waals surface area contributed by atoms with Crippen LogP contribution < -0.4 is 5.56 Å². The molecule has 1 aromatic carbocycles. The summed E-state index contributed by atoms with van der Waals surface area (Å²) in [6.07, 6.45) is 1.37. The topological polar surface area (TPSA) is 118 Å². The molecular formula is C14H9N7O3S. The molecule has 3 aromatic heterocycles. The number of esters is 1. The number of thiophene rings is 1. The predicted molar refractivity (Wildman–Crippen MR) is 86.2 cm³/mol. The van der Waals surface area contributed by atoms with E-state index in [1.807, 2.05) is 0 Å². The molecule has 4 rings (SSSR count). The summed E-state index contributed by atoms with van der Waals surface area (Å²) in [4.78, 5) is 24.9. The van der Waals surface area contributed by atoms with E-state index in [4.69, 9.17) is 4.74 Å². The van der Waals surface area contributed by atoms with Crippen molar-refractivity contribution in [1.82, 2.24) is 35.2 Å². The van der Waals surface area contributed by atoms with E-state index in [9.17, 15) is 9.59 Å². The van der Waals surface area contributed by atoms with Crippen molar-refractivity contribution >= 4 is 28.2 Å². The van der Waals surface area contributed by atoms with Gasteiger partial charge >= 0.3 is 5.97 Å². The van der Waals surface area contributed by atoms with Crippen molar-refractivity contribution < 1.29 is 9.53 Å². The van der Waals surface area contributed by atoms with Crippen LogP contribution in [0, 0.1) is 0 Å². The van der Waals surface area contributed by atoms with E-state index in [1.54, 1.807) is 35.7 Å². The van der Waals surface area contributed by atoms with Gasteiger partial charge in [-0.05, 0) is 34.0 Å². The van der Waals surface area contributed by atoms with Crippen LogP contribution in [0.4, 0.5) is 0 Å². The van der Waals surface area contributed by atoms with Crippen LogP contribution in [0.15, 0.2) is 46.8 Å². The van der Waals surface area contributed by atoms with Gasteiger partial charge in [-0.1, -0.05) is 17.3 Å². The number of carbonyl (C=O) groups excluding carboxylic acids is 1. The monoisotopic (exact) mass is 355 g/mol. The van der Waals surface area contributed by atoms with Crippen LogP contribution in [0.3, 0.4) is 0 Å². The minimum absolute atomic E-state index is 0.314. The molecule has 0 atom stereocenters. The molecule has 3 heterocycles. The fraction of sp³-hybridized carbons (Fsp3) is 0.0714. The maximum atomic E-state index is 12.3. The molecule has 0 bridgehead atoms. The number of aromatic nitrogens is 7. The summed E-state index contributed by atoms with van der Waals surface area (Å²) >= 11 is 1.18. The highest BCUT2D eigenvalue weighted by molar-refractivity contribution is 7.12. The van der Waals surface area contributed by atoms with Crippen LogP contribution in [-0.2, 0) is 11.5 Å². The number of rotatable bonds is 4. The molecular weight excluding hydrogens is 346 g/mol. The standard InChI is InChI=1S/C14H9N7O3S/c22-13-9-3-1-2-4-10(9)16-18-21(13)8-24-14(23)12-11(5-6-25-12)20-7-15-17-19-20/h1-7H,8H2. The number of tetrazole rings is 1. The van der Waals surface area contributed by atoms with Crippen molar-refractivity contribution in [3.8, 4) is 5.69 Å². The zero-order valence-corrected chi connectivity index (χ0v) is 13.3. The van der Waals surface area contributed by atoms with Crippen molar-refractivity contribution in [3.63, 3.8) is 0 Å². The Bertz CT molecular complexity index is 1100. The Kier molecular flexibility index (Phi) is 3.74. The smallest absolute Gasteiger partial charge is 0.352 e. The molecule has 0 N–H and O–H groups in total. The van der Waals surface area contributed by atoms with Crippen molar-refractivity contribution in [3.05, 3.63) is 57.3 Å². The Balaban J connectivity index is 1.57. The second-order valence-electron chi connectivity index (χ2n) is 4.86. The van der Waals surface area contributed by atoms with Crippen LogP contribution in [0.5, 0.6) is 0 Å². The van der Waals surface area contributed by atoms with Crippen LogP contribution in [-0.4, -0.2) is 41.2 Å². The number of carbonyl (C=O) groups is 1. The molecule has 124 valence electrons. The zero-order valence-electron chi connectivity index (χ0n) is 12.5. The van der Waals surface area contributed by atoms with E-state index in [2.05, 4.69) is 25.8 Å². The van der Waals surface area contributed by atoms with E-state index in [-0.39, 0.29) is 12.3 Å². The number of nitrogens with zero attached hydrogens (tertiary/aromatic N) is 7. The molecule has 0 saturated carbocycles. The summed E-state index contributed by atoms with van der Waals surface area (Å²) in [6, 6.07) is 8.51. The highest BCUT2D eigenvalue weighted by Gasteiger charge is 2.18. The SMILES string of the molecule is O=C(OCn1nnc2ccccc2c1=O)c1sccc1-n1cnnn1. The van der Waals surface area contributed by atoms with Gasteiger partial charge in [0.25, 0.3) is 5.56 Å². The molecule has 0 aliphatic rings. The summed E-state index contributed by atoms with van der Waals surface area (Å²) < 4.78 is 7.54. The first-order valence-corrected chi connectivity index (χ1v) is 7.92. The number of fused-ring (bicyclic) bond motifs is 1. The summed E-state index contributed by atoms with van der Waals surface area (Å²) in [5, 5.41) is 20.6. The Morgan fingerprint density at radius 1 is 1.20 bits per heavy atom. The third-order valence-corrected chi connectivity index (χ3v) is 4.26. The number of ether oxygens (including phenoxy) is 1. The lowest BCUT2D eigenvalue weighted by molar-refractivity contribution is 0.0342. The van der Waals surface area contributed by atoms with Crippen molar-refractivity contribution in [2.45, 2.75) is 6.73 Å². The Hall–Kier alpha value is -3.47. The van der Waals surface area contributed by atoms with Crippen LogP contribution in [0.1, 0.15) is 9.67 Å². The Morgan fingerprint density at radius 3 is 2.92 bits per heavy atom. The fourth-order valence-corrected chi connectivity index (χ4v) is 2.97. The number of benzene rings is 1. The maximum absolute atomic E-state index is 12.3. The Labute approximate surface area is 143 Å². The van der Waals surface area contributed by atoms with Gasteiger partial charge < -0.3 is 4.74 Å². The first-order chi connectivity index (χ1) is 12.2. The van der Waals surface area contributed by atoms with Crippen LogP contribution in [0.25, 0.3) is 16.6 Å². The van der Waals surface area contributed by atoms with Crippen LogP contribution >= 0.6 is 11.3 Å². The maximum Gasteiger partial charge on any atom is 0.352 e. The third kappa shape index (κ3) is 2.76. The second-order valence-corrected chi connectivity index (χ2v) is 5.78. The van der Waals surface area contributed by atoms with Gasteiger partial charge in [0.2, 0.25) is 0 Å². The first kappa shape index (κ1) is 15.1. The highest BCUT2D eigenvalue weighted by atomic mass is 32.1. The van der Waals surface area contributed by atoms with Crippen molar-refractivity contribution in [2.24, 2.45) is 0 Å². The van der Waals surface area contributed by atoms with Gasteiger partial charge in [-0.25, -0.2) is 4.79 Å². The third-order valence-electron chi connectivity index (χ3n) is 3.37. The highest BCUT2D eigenvalue weighted by Crippen LogP contribution is 2.21. The lowest BCUT2D eigenvalue weighted by Crippen LogP contribution is -2.26. The molecule has 0 aliphatic heterocycles. The molecule has 25 heavy (non-hydrogen) atoms. The first-order valence-electron chi connectivity index (χ1n) is 7.04. The van der Waals surface area contributed by atoms with Gasteiger partial charge in [0.1, 0.15) is 16.7 Å². The fourth-order valence-electron chi connectivity index (χ4n) is 2.20. The summed E-state index contributed by atoms with van der Waals surface area (Å²) in [5.74, 6) is -0.609. The van der Waals surface area contributed by atoms with E-state index >= 15 is 0 Å². The minimum atomic E-state index is -0.609. The van der Waals surface area contributed by atoms with E-state index < -0.39 is 5.97 Å². The lowest BCUT2D eigenvalue weighted by atomic mass is 10.2. The van der Waals surface area contributed by atoms with Gasteiger partial charge in [0.05, 0.1) is 11.1 Å². The normalized spacial score (nSPS) is 10.9. The average Bonchev–Trinajstić information content (AvgIpc) is 3.32. The zero-order chi connectivity index (χ0) is 17.2. The number of hydrogen-bond acceptors (Lipinski definition) is 9. The van der Waals surface area contributed by atoms with Crippen molar-refractivity contribution in [2.75, 3.05) is 0 Å². The quantitative estimate of drug-likeness (QED) is 0.490. The van der Waals surface area contributed by atoms with E-state index in [1.165, 1.54) is 22.3 Å². The molecule has 0 spiro atoms. The van der Waals surface area contributed by atoms with Gasteiger partial charge in [-0.3, -0.25) is 4.79 Å². The number of hydrogen-bond donors (Lipinski definition) is 0. The van der Waals surface area contributed by atoms with E-state index in [0.717, 1.165) is 4.68 Å². The largest absolute Gasteiger partial charge is 0.438 e. The van der Waals surface area contributed by atoms with E-state index in [0.29, 0.717) is 21.5 Å². The van der Waals surface area contributed by atoms with Gasteiger partial charge in [-0.15, -0.1) is 21.5 Å². The summed E-state index contributed by atoms with van der Waals surface area (Å²) in [7, 11) is 0. The lowest BCUT2D eigenvalue weighted by Gasteiger charge is -2.06. The molecule has 0 aliphatic carbocycles. The predicted octanol–water partition coefficient (Wildman–Crippen LogP) is 0.643. The van der Waals surface area contributed by atoms with Crippen molar-refractivity contribution in [1.29, 1.82) is 0 Å². The molecule has 11 heteroatoms. The summed E-state index contributed by atoms with van der Waals surface area (Å²) in [5.41, 5.74) is 0.594. The molecule has 0 saturated heterocycles. The second kappa shape index (κ2) is 6.20. The Morgan fingerprint density at radius 2 is 2.08 bits per heavy atom. The summed E-state index contributed by atoms with van der Waals surface area (Å²) in [6.45, 7) is -0.345. The minimum Gasteiger partial charge on any atom is -0.438 e. The van der Waals surface area contributed by atoms with Gasteiger partial charge in [-0.2, -0.15) is 9.36 Å². The molecule has 0 unspecified atom stereocenters. The average molecular weight is 355 g/mol. The molecule has 0 radical (unpaired) electrons. The molecule has 0 amide bonds. The van der Waals surface area contributed by atoms with Gasteiger partial charge in [0.15, 0.2) is 6.73 Å². The van der Waals surface area contributed by atoms with Crippen LogP contribution in [0.2, 0.25) is 0 Å². The molecule has 10 nitrogen and oxygen atoms in total. The molecule has 0 fully saturated rings. The van der Waals surface area contributed by atoms with Gasteiger partial charge in [0, 0.05) is 0 Å². The molecule has 4 aromatic rings.